The van der Waals surface area contributed by atoms with Gasteiger partial charge in [0.25, 0.3) is 5.91 Å². The lowest BCUT2D eigenvalue weighted by molar-refractivity contribution is 0.0374. The number of carbonyl (C=O) groups excluding carboxylic acids is 3. The molecule has 0 bridgehead atoms. The molecule has 3 aromatic heterocycles. The first-order valence-electron chi connectivity index (χ1n) is 10.4. The molecule has 1 amide bonds. The maximum Gasteiger partial charge on any atom is 0.254 e. The van der Waals surface area contributed by atoms with Crippen molar-refractivity contribution in [2.24, 2.45) is 0 Å². The van der Waals surface area contributed by atoms with E-state index in [4.69, 9.17) is 4.74 Å². The van der Waals surface area contributed by atoms with Gasteiger partial charge in [0.2, 0.25) is 5.78 Å². The smallest absolute Gasteiger partial charge is 0.254 e. The second kappa shape index (κ2) is 8.05. The summed E-state index contributed by atoms with van der Waals surface area (Å²) in [7, 11) is 0. The van der Waals surface area contributed by atoms with Gasteiger partial charge in [0.15, 0.2) is 5.78 Å². The topological polar surface area (TPSA) is 93.0 Å². The van der Waals surface area contributed by atoms with Gasteiger partial charge >= 0.3 is 0 Å². The first-order chi connectivity index (χ1) is 15.2. The first-order valence-corrected chi connectivity index (χ1v) is 10.4. The van der Waals surface area contributed by atoms with Crippen molar-refractivity contribution in [2.75, 3.05) is 39.4 Å². The number of fused-ring (bicyclic) bond motifs is 4. The van der Waals surface area contributed by atoms with E-state index in [1.165, 1.54) is 6.20 Å². The van der Waals surface area contributed by atoms with Gasteiger partial charge in [0.05, 0.1) is 35.4 Å². The number of nitrogens with zero attached hydrogens (tertiary/aromatic N) is 3. The monoisotopic (exact) mass is 418 g/mol. The molecule has 158 valence electrons. The van der Waals surface area contributed by atoms with Crippen LogP contribution in [0.15, 0.2) is 42.7 Å². The summed E-state index contributed by atoms with van der Waals surface area (Å²) in [6.45, 7) is 4.62. The molecule has 0 spiro atoms. The van der Waals surface area contributed by atoms with Crippen LogP contribution in [0.3, 0.4) is 0 Å². The van der Waals surface area contributed by atoms with Crippen LogP contribution in [0.4, 0.5) is 0 Å². The van der Waals surface area contributed by atoms with E-state index in [0.717, 1.165) is 39.3 Å². The quantitative estimate of drug-likeness (QED) is 0.495. The Balaban J connectivity index is 1.45. The Morgan fingerprint density at radius 2 is 1.94 bits per heavy atom. The highest BCUT2D eigenvalue weighted by molar-refractivity contribution is 6.31. The van der Waals surface area contributed by atoms with E-state index in [9.17, 15) is 14.4 Å². The first kappa shape index (κ1) is 19.6. The second-order valence-electron chi connectivity index (χ2n) is 7.68. The average molecular weight is 418 g/mol. The average Bonchev–Trinajstić information content (AvgIpc) is 3.17. The van der Waals surface area contributed by atoms with Gasteiger partial charge in [-0.2, -0.15) is 0 Å². The summed E-state index contributed by atoms with van der Waals surface area (Å²) >= 11 is 0. The number of ether oxygens (including phenoxy) is 1. The molecule has 3 aromatic rings. The molecule has 2 aliphatic rings. The van der Waals surface area contributed by atoms with Gasteiger partial charge in [0.1, 0.15) is 11.4 Å². The van der Waals surface area contributed by atoms with Crippen LogP contribution in [0.25, 0.3) is 5.52 Å². The van der Waals surface area contributed by atoms with Crippen molar-refractivity contribution in [1.82, 2.24) is 19.6 Å². The number of hydrogen-bond donors (Lipinski definition) is 1. The van der Waals surface area contributed by atoms with Crippen LogP contribution in [0, 0.1) is 0 Å². The predicted octanol–water partition coefficient (Wildman–Crippen LogP) is 1.56. The molecule has 0 radical (unpaired) electrons. The molecule has 1 fully saturated rings. The molecule has 8 nitrogen and oxygen atoms in total. The van der Waals surface area contributed by atoms with Crippen molar-refractivity contribution in [3.8, 4) is 0 Å². The summed E-state index contributed by atoms with van der Waals surface area (Å²) in [6.07, 6.45) is 3.98. The normalized spacial score (nSPS) is 16.3. The summed E-state index contributed by atoms with van der Waals surface area (Å²) in [4.78, 5) is 46.0. The molecule has 0 aromatic carbocycles. The minimum absolute atomic E-state index is 0.126. The van der Waals surface area contributed by atoms with Crippen molar-refractivity contribution in [2.45, 2.75) is 6.42 Å². The molecule has 1 aliphatic heterocycles. The molecular formula is C23H22N4O4. The maximum absolute atomic E-state index is 13.3. The van der Waals surface area contributed by atoms with Crippen LogP contribution in [0.1, 0.15) is 48.9 Å². The molecule has 0 saturated carbocycles. The zero-order valence-corrected chi connectivity index (χ0v) is 17.0. The number of amides is 1. The van der Waals surface area contributed by atoms with Crippen molar-refractivity contribution < 1.29 is 19.1 Å². The van der Waals surface area contributed by atoms with Crippen molar-refractivity contribution in [3.63, 3.8) is 0 Å². The van der Waals surface area contributed by atoms with Gasteiger partial charge in [-0.15, -0.1) is 0 Å². The molecule has 31 heavy (non-hydrogen) atoms. The highest BCUT2D eigenvalue weighted by Crippen LogP contribution is 2.32. The van der Waals surface area contributed by atoms with Crippen LogP contribution in [0.5, 0.6) is 0 Å². The molecule has 8 heteroatoms. The number of pyridine rings is 2. The van der Waals surface area contributed by atoms with E-state index in [-0.39, 0.29) is 45.6 Å². The Kier molecular flexibility index (Phi) is 5.09. The third-order valence-electron chi connectivity index (χ3n) is 5.82. The third-order valence-corrected chi connectivity index (χ3v) is 5.82. The van der Waals surface area contributed by atoms with E-state index < -0.39 is 0 Å². The zero-order chi connectivity index (χ0) is 21.4. The van der Waals surface area contributed by atoms with Crippen LogP contribution in [-0.2, 0) is 4.74 Å². The minimum Gasteiger partial charge on any atom is -0.379 e. The molecular weight excluding hydrogens is 396 g/mol. The molecule has 1 N–H and O–H groups in total. The lowest BCUT2D eigenvalue weighted by atomic mass is 9.89. The Hall–Kier alpha value is -3.36. The van der Waals surface area contributed by atoms with Crippen LogP contribution >= 0.6 is 0 Å². The maximum atomic E-state index is 13.3. The van der Waals surface area contributed by atoms with Crippen LogP contribution in [-0.4, -0.2) is 71.2 Å². The summed E-state index contributed by atoms with van der Waals surface area (Å²) < 4.78 is 6.97. The Morgan fingerprint density at radius 1 is 1.10 bits per heavy atom. The van der Waals surface area contributed by atoms with Gasteiger partial charge in [-0.05, 0) is 37.2 Å². The van der Waals surface area contributed by atoms with Crippen LogP contribution < -0.4 is 5.32 Å². The van der Waals surface area contributed by atoms with Crippen molar-refractivity contribution >= 4 is 23.0 Å². The van der Waals surface area contributed by atoms with E-state index in [1.807, 2.05) is 0 Å². The summed E-state index contributed by atoms with van der Waals surface area (Å²) in [5.74, 6) is -1.04. The summed E-state index contributed by atoms with van der Waals surface area (Å²) in [5, 5.41) is 2.94. The Bertz CT molecular complexity index is 1190. The third kappa shape index (κ3) is 3.34. The van der Waals surface area contributed by atoms with E-state index >= 15 is 0 Å². The van der Waals surface area contributed by atoms with Gasteiger partial charge in [-0.3, -0.25) is 24.3 Å². The minimum atomic E-state index is -0.349. The van der Waals surface area contributed by atoms with Crippen molar-refractivity contribution in [3.05, 3.63) is 70.8 Å². The number of carbonyl (C=O) groups is 3. The SMILES string of the molecule is O=C1c2cccnc2C(=O)c2c1c(C(=O)NCCCN1CCOCC1)c1ccccn21. The molecule has 0 atom stereocenters. The Labute approximate surface area is 178 Å². The number of nitrogens with one attached hydrogen (secondary N) is 1. The van der Waals surface area contributed by atoms with Gasteiger partial charge in [-0.25, -0.2) is 0 Å². The lowest BCUT2D eigenvalue weighted by Crippen LogP contribution is -2.38. The molecule has 1 saturated heterocycles. The van der Waals surface area contributed by atoms with Crippen LogP contribution in [0.2, 0.25) is 0 Å². The fourth-order valence-corrected chi connectivity index (χ4v) is 4.32. The fraction of sp³-hybridized carbons (Fsp3) is 0.304. The second-order valence-corrected chi connectivity index (χ2v) is 7.68. The van der Waals surface area contributed by atoms with E-state index in [0.29, 0.717) is 12.1 Å². The zero-order valence-electron chi connectivity index (χ0n) is 17.0. The Morgan fingerprint density at radius 3 is 2.77 bits per heavy atom. The standard InChI is InChI=1S/C23H22N4O4/c28-21-15-5-3-7-24-19(15)22(29)20-18(21)17(16-6-1-2-10-27(16)20)23(30)25-8-4-9-26-11-13-31-14-12-26/h1-3,5-7,10H,4,8-9,11-14H2,(H,25,30). The number of rotatable bonds is 5. The largest absolute Gasteiger partial charge is 0.379 e. The number of hydrogen-bond acceptors (Lipinski definition) is 6. The summed E-state index contributed by atoms with van der Waals surface area (Å²) in [6, 6.07) is 8.51. The van der Waals surface area contributed by atoms with Gasteiger partial charge in [0, 0.05) is 32.0 Å². The van der Waals surface area contributed by atoms with E-state index in [1.54, 1.807) is 40.9 Å². The van der Waals surface area contributed by atoms with Gasteiger partial charge in [-0.1, -0.05) is 6.07 Å². The number of aromatic nitrogens is 2. The predicted molar refractivity (Wildman–Crippen MR) is 113 cm³/mol. The van der Waals surface area contributed by atoms with E-state index in [2.05, 4.69) is 15.2 Å². The molecule has 5 rings (SSSR count). The molecule has 0 unspecified atom stereocenters. The van der Waals surface area contributed by atoms with Gasteiger partial charge < -0.3 is 14.5 Å². The number of ketones is 2. The molecule has 4 heterocycles. The number of morpholine rings is 1. The fourth-order valence-electron chi connectivity index (χ4n) is 4.32. The highest BCUT2D eigenvalue weighted by Gasteiger charge is 2.38. The highest BCUT2D eigenvalue weighted by atomic mass is 16.5. The summed E-state index contributed by atoms with van der Waals surface area (Å²) in [5.41, 5.74) is 1.49. The lowest BCUT2D eigenvalue weighted by Gasteiger charge is -2.26. The molecule has 1 aliphatic carbocycles. The van der Waals surface area contributed by atoms with Crippen molar-refractivity contribution in [1.29, 1.82) is 0 Å².